The first kappa shape index (κ1) is 29.7. The summed E-state index contributed by atoms with van der Waals surface area (Å²) in [5, 5.41) is 11.5. The van der Waals surface area contributed by atoms with E-state index < -0.39 is 0 Å². The zero-order chi connectivity index (χ0) is 33.4. The molecule has 1 nitrogen and oxygen atoms in total. The second-order valence-corrected chi connectivity index (χ2v) is 13.1. The predicted octanol–water partition coefficient (Wildman–Crippen LogP) is 13.9. The van der Waals surface area contributed by atoms with E-state index in [9.17, 15) is 0 Å². The summed E-state index contributed by atoms with van der Waals surface area (Å²) < 4.78 is 0. The van der Waals surface area contributed by atoms with Crippen LogP contribution in [0.25, 0.3) is 76.8 Å². The third kappa shape index (κ3) is 5.40. The van der Waals surface area contributed by atoms with E-state index in [-0.39, 0.29) is 0 Å². The van der Waals surface area contributed by atoms with Crippen molar-refractivity contribution in [1.82, 2.24) is 0 Å². The molecule has 0 heterocycles. The summed E-state index contributed by atoms with van der Waals surface area (Å²) in [6.45, 7) is 2.16. The Bertz CT molecular complexity index is 2650. The average molecular weight is 638 g/mol. The molecule has 0 atom stereocenters. The number of rotatable bonds is 6. The lowest BCUT2D eigenvalue weighted by atomic mass is 9.91. The Balaban J connectivity index is 1.02. The van der Waals surface area contributed by atoms with Gasteiger partial charge in [0.25, 0.3) is 0 Å². The highest BCUT2D eigenvalue weighted by atomic mass is 14.9. The number of aryl methyl sites for hydroxylation is 1. The zero-order valence-electron chi connectivity index (χ0n) is 27.9. The van der Waals surface area contributed by atoms with Gasteiger partial charge in [-0.15, -0.1) is 0 Å². The van der Waals surface area contributed by atoms with Crippen molar-refractivity contribution in [3.8, 4) is 44.5 Å². The summed E-state index contributed by atoms with van der Waals surface area (Å²) in [5.41, 5.74) is 13.1. The van der Waals surface area contributed by atoms with Gasteiger partial charge < -0.3 is 5.32 Å². The van der Waals surface area contributed by atoms with Crippen molar-refractivity contribution in [3.63, 3.8) is 0 Å². The van der Waals surface area contributed by atoms with Crippen LogP contribution < -0.4 is 5.32 Å². The number of nitrogens with one attached hydrogen (secondary N) is 1. The summed E-state index contributed by atoms with van der Waals surface area (Å²) in [6, 6.07) is 68.1. The third-order valence-corrected chi connectivity index (χ3v) is 10.00. The Morgan fingerprint density at radius 3 is 1.34 bits per heavy atom. The van der Waals surface area contributed by atoms with Crippen molar-refractivity contribution >= 4 is 43.7 Å². The predicted molar refractivity (Wildman–Crippen MR) is 215 cm³/mol. The Kier molecular flexibility index (Phi) is 7.44. The van der Waals surface area contributed by atoms with Gasteiger partial charge in [-0.25, -0.2) is 0 Å². The molecule has 0 aliphatic rings. The van der Waals surface area contributed by atoms with Crippen molar-refractivity contribution in [2.45, 2.75) is 6.92 Å². The number of para-hydroxylation sites is 1. The molecule has 0 aromatic heterocycles. The Labute approximate surface area is 293 Å². The molecule has 0 spiro atoms. The van der Waals surface area contributed by atoms with Crippen molar-refractivity contribution in [1.29, 1.82) is 0 Å². The summed E-state index contributed by atoms with van der Waals surface area (Å²) in [7, 11) is 0. The quantitative estimate of drug-likeness (QED) is 0.179. The molecule has 1 heteroatoms. The molecule has 1 N–H and O–H groups in total. The molecule has 9 aromatic carbocycles. The topological polar surface area (TPSA) is 12.0 Å². The first-order valence-corrected chi connectivity index (χ1v) is 17.3. The number of hydrogen-bond acceptors (Lipinski definition) is 1. The lowest BCUT2D eigenvalue weighted by molar-refractivity contribution is 1.45. The zero-order valence-corrected chi connectivity index (χ0v) is 27.9. The monoisotopic (exact) mass is 637 g/mol. The van der Waals surface area contributed by atoms with E-state index in [0.717, 1.165) is 11.4 Å². The highest BCUT2D eigenvalue weighted by Crippen LogP contribution is 2.38. The standard InChI is InChI=1S/C49H35N/c1-33-12-2-3-17-41(33)47-22-8-9-23-49(47)50-40-27-24-34(25-28-40)35-13-10-14-36(30-35)37-15-11-16-38(31-37)39-26-29-46-44-20-5-4-18-42(44)43-19-6-7-21-45(43)48(46)32-39/h2-32,50H,1H3. The molecule has 0 bridgehead atoms. The minimum absolute atomic E-state index is 1.06. The lowest BCUT2D eigenvalue weighted by Gasteiger charge is -2.14. The van der Waals surface area contributed by atoms with Gasteiger partial charge >= 0.3 is 0 Å². The van der Waals surface area contributed by atoms with E-state index >= 15 is 0 Å². The van der Waals surface area contributed by atoms with Gasteiger partial charge in [-0.05, 0) is 120 Å². The molecule has 50 heavy (non-hydrogen) atoms. The number of hydrogen-bond donors (Lipinski definition) is 1. The van der Waals surface area contributed by atoms with Gasteiger partial charge in [0.05, 0.1) is 0 Å². The van der Waals surface area contributed by atoms with Crippen LogP contribution >= 0.6 is 0 Å². The molecule has 0 saturated carbocycles. The van der Waals surface area contributed by atoms with E-state index in [2.05, 4.69) is 200 Å². The Morgan fingerprint density at radius 1 is 0.300 bits per heavy atom. The minimum Gasteiger partial charge on any atom is -0.355 e. The Morgan fingerprint density at radius 2 is 0.740 bits per heavy atom. The summed E-state index contributed by atoms with van der Waals surface area (Å²) >= 11 is 0. The van der Waals surface area contributed by atoms with Gasteiger partial charge in [-0.1, -0.05) is 152 Å². The van der Waals surface area contributed by atoms with E-state index in [0.29, 0.717) is 0 Å². The van der Waals surface area contributed by atoms with Crippen LogP contribution in [-0.4, -0.2) is 0 Å². The molecule has 9 rings (SSSR count). The van der Waals surface area contributed by atoms with Crippen LogP contribution in [0, 0.1) is 6.92 Å². The SMILES string of the molecule is Cc1ccccc1-c1ccccc1Nc1ccc(-c2cccc(-c3cccc(-c4ccc5c6ccccc6c6ccccc6c5c4)c3)c2)cc1. The van der Waals surface area contributed by atoms with E-state index in [1.807, 2.05) is 0 Å². The molecule has 0 unspecified atom stereocenters. The van der Waals surface area contributed by atoms with Crippen LogP contribution in [0.3, 0.4) is 0 Å². The summed E-state index contributed by atoms with van der Waals surface area (Å²) in [6.07, 6.45) is 0. The van der Waals surface area contributed by atoms with Crippen LogP contribution in [0.1, 0.15) is 5.56 Å². The maximum atomic E-state index is 3.67. The third-order valence-electron chi connectivity index (χ3n) is 10.00. The van der Waals surface area contributed by atoms with E-state index in [4.69, 9.17) is 0 Å². The van der Waals surface area contributed by atoms with Crippen molar-refractivity contribution < 1.29 is 0 Å². The maximum Gasteiger partial charge on any atom is 0.0464 e. The molecule has 0 fully saturated rings. The molecule has 0 amide bonds. The second-order valence-electron chi connectivity index (χ2n) is 13.1. The lowest BCUT2D eigenvalue weighted by Crippen LogP contribution is -1.94. The molecule has 0 radical (unpaired) electrons. The van der Waals surface area contributed by atoms with Gasteiger partial charge in [-0.2, -0.15) is 0 Å². The van der Waals surface area contributed by atoms with Crippen LogP contribution in [0.2, 0.25) is 0 Å². The van der Waals surface area contributed by atoms with Gasteiger partial charge in [-0.3, -0.25) is 0 Å². The van der Waals surface area contributed by atoms with E-state index in [1.54, 1.807) is 0 Å². The first-order valence-electron chi connectivity index (χ1n) is 17.3. The number of anilines is 2. The average Bonchev–Trinajstić information content (AvgIpc) is 3.19. The summed E-state index contributed by atoms with van der Waals surface area (Å²) in [4.78, 5) is 0. The fourth-order valence-electron chi connectivity index (χ4n) is 7.45. The highest BCUT2D eigenvalue weighted by Gasteiger charge is 2.11. The fraction of sp³-hybridized carbons (Fsp3) is 0.0204. The van der Waals surface area contributed by atoms with Crippen molar-refractivity contribution in [2.75, 3.05) is 5.32 Å². The van der Waals surface area contributed by atoms with Crippen LogP contribution in [0.15, 0.2) is 188 Å². The normalized spacial score (nSPS) is 11.3. The molecule has 236 valence electrons. The van der Waals surface area contributed by atoms with Crippen LogP contribution in [0.4, 0.5) is 11.4 Å². The first-order chi connectivity index (χ1) is 24.7. The fourth-order valence-corrected chi connectivity index (χ4v) is 7.45. The molecule has 0 aliphatic heterocycles. The molecular formula is C49H35N. The van der Waals surface area contributed by atoms with Gasteiger partial charge in [0.15, 0.2) is 0 Å². The second kappa shape index (κ2) is 12.5. The summed E-state index contributed by atoms with van der Waals surface area (Å²) in [5.74, 6) is 0. The molecule has 0 saturated heterocycles. The largest absolute Gasteiger partial charge is 0.355 e. The van der Waals surface area contributed by atoms with Crippen molar-refractivity contribution in [3.05, 3.63) is 194 Å². The minimum atomic E-state index is 1.06. The Hall–Kier alpha value is -6.44. The molecular weight excluding hydrogens is 603 g/mol. The van der Waals surface area contributed by atoms with Crippen molar-refractivity contribution in [2.24, 2.45) is 0 Å². The van der Waals surface area contributed by atoms with Crippen LogP contribution in [0.5, 0.6) is 0 Å². The highest BCUT2D eigenvalue weighted by molar-refractivity contribution is 6.25. The van der Waals surface area contributed by atoms with E-state index in [1.165, 1.54) is 82.4 Å². The smallest absolute Gasteiger partial charge is 0.0464 e. The number of benzene rings is 9. The van der Waals surface area contributed by atoms with Gasteiger partial charge in [0.2, 0.25) is 0 Å². The molecule has 9 aromatic rings. The van der Waals surface area contributed by atoms with Gasteiger partial charge in [0, 0.05) is 16.9 Å². The molecule has 0 aliphatic carbocycles. The number of fused-ring (bicyclic) bond motifs is 6. The maximum absolute atomic E-state index is 3.67. The van der Waals surface area contributed by atoms with Crippen LogP contribution in [-0.2, 0) is 0 Å². The van der Waals surface area contributed by atoms with Gasteiger partial charge in [0.1, 0.15) is 0 Å².